The van der Waals surface area contributed by atoms with Crippen molar-refractivity contribution in [3.63, 3.8) is 0 Å². The van der Waals surface area contributed by atoms with Crippen molar-refractivity contribution in [2.24, 2.45) is 11.8 Å². The Morgan fingerprint density at radius 3 is 1.50 bits per heavy atom. The molecule has 0 saturated carbocycles. The van der Waals surface area contributed by atoms with Gasteiger partial charge in [0.05, 0.1) is 11.4 Å². The van der Waals surface area contributed by atoms with Gasteiger partial charge < -0.3 is 9.80 Å². The third-order valence-corrected chi connectivity index (χ3v) is 7.05. The van der Waals surface area contributed by atoms with E-state index in [-0.39, 0.29) is 0 Å². The Kier molecular flexibility index (Phi) is 5.33. The maximum Gasteiger partial charge on any atom is 0.238 e. The lowest BCUT2D eigenvalue weighted by atomic mass is 9.68. The van der Waals surface area contributed by atoms with Crippen LogP contribution in [0.1, 0.15) is 32.2 Å². The molecule has 0 N–H and O–H groups in total. The zero-order valence-corrected chi connectivity index (χ0v) is 19.3. The van der Waals surface area contributed by atoms with Crippen LogP contribution in [-0.4, -0.2) is 37.5 Å². The second-order valence-corrected chi connectivity index (χ2v) is 9.03. The van der Waals surface area contributed by atoms with E-state index in [2.05, 4.69) is 0 Å². The molecule has 0 aliphatic carbocycles. The molecule has 2 aliphatic heterocycles. The number of carbonyl (C=O) groups excluding carboxylic acids is 4. The van der Waals surface area contributed by atoms with Crippen molar-refractivity contribution in [1.29, 1.82) is 0 Å². The Balaban J connectivity index is 1.71. The highest BCUT2D eigenvalue weighted by molar-refractivity contribution is 6.30. The number of ketones is 2. The number of Topliss-reactive ketones (excluding diaryl/α,β-unsaturated/α-hetero) is 2. The molecule has 0 radical (unpaired) electrons. The fourth-order valence-electron chi connectivity index (χ4n) is 5.06. The normalized spacial score (nSPS) is 20.8. The number of nitrogens with zero attached hydrogens (tertiary/aromatic N) is 2. The number of amides is 2. The minimum absolute atomic E-state index is 0.387. The third kappa shape index (κ3) is 3.25. The predicted molar refractivity (Wildman–Crippen MR) is 130 cm³/mol. The number of fused-ring (bicyclic) bond motifs is 2. The molecule has 0 saturated heterocycles. The summed E-state index contributed by atoms with van der Waals surface area (Å²) in [6.07, 6.45) is 0. The molecular formula is C27H21ClN2O4. The summed E-state index contributed by atoms with van der Waals surface area (Å²) in [5.74, 6) is -5.18. The van der Waals surface area contributed by atoms with Crippen LogP contribution < -0.4 is 9.80 Å². The third-order valence-electron chi connectivity index (χ3n) is 6.79. The predicted octanol–water partition coefficient (Wildman–Crippen LogP) is 4.37. The van der Waals surface area contributed by atoms with E-state index >= 15 is 0 Å². The number of benzene rings is 3. The molecule has 0 bridgehead atoms. The molecule has 0 fully saturated rings. The Morgan fingerprint density at radius 2 is 1.06 bits per heavy atom. The van der Waals surface area contributed by atoms with Gasteiger partial charge >= 0.3 is 0 Å². The number of rotatable bonds is 3. The van der Waals surface area contributed by atoms with Crippen LogP contribution in [0.15, 0.2) is 72.8 Å². The Bertz CT molecular complexity index is 1270. The number of anilines is 2. The van der Waals surface area contributed by atoms with Gasteiger partial charge in [0, 0.05) is 36.2 Å². The second-order valence-electron chi connectivity index (χ2n) is 8.59. The first-order chi connectivity index (χ1) is 16.3. The highest BCUT2D eigenvalue weighted by Crippen LogP contribution is 2.45. The number of hydrogen-bond donors (Lipinski definition) is 0. The summed E-state index contributed by atoms with van der Waals surface area (Å²) >= 11 is 6.10. The number of halogens is 1. The van der Waals surface area contributed by atoms with E-state index < -0.39 is 41.1 Å². The van der Waals surface area contributed by atoms with Crippen LogP contribution in [0.4, 0.5) is 11.4 Å². The number of para-hydroxylation sites is 2. The highest BCUT2D eigenvalue weighted by atomic mass is 35.5. The average Bonchev–Trinajstić information content (AvgIpc) is 2.86. The van der Waals surface area contributed by atoms with Crippen molar-refractivity contribution >= 4 is 46.4 Å². The molecule has 2 amide bonds. The van der Waals surface area contributed by atoms with E-state index in [1.54, 1.807) is 86.9 Å². The molecule has 2 atom stereocenters. The maximum atomic E-state index is 13.7. The van der Waals surface area contributed by atoms with Gasteiger partial charge in [0.25, 0.3) is 0 Å². The zero-order chi connectivity index (χ0) is 24.1. The van der Waals surface area contributed by atoms with Crippen molar-refractivity contribution in [2.75, 3.05) is 23.9 Å². The minimum atomic E-state index is -1.24. The van der Waals surface area contributed by atoms with Crippen LogP contribution in [0.25, 0.3) is 0 Å². The minimum Gasteiger partial charge on any atom is -0.314 e. The van der Waals surface area contributed by atoms with Gasteiger partial charge in [0.2, 0.25) is 11.8 Å². The van der Waals surface area contributed by atoms with Crippen LogP contribution >= 0.6 is 11.6 Å². The lowest BCUT2D eigenvalue weighted by Crippen LogP contribution is -2.52. The first-order valence-electron chi connectivity index (χ1n) is 10.9. The first kappa shape index (κ1) is 22.0. The van der Waals surface area contributed by atoms with E-state index in [1.807, 2.05) is 0 Å². The largest absolute Gasteiger partial charge is 0.314 e. The van der Waals surface area contributed by atoms with Crippen LogP contribution in [0.5, 0.6) is 0 Å². The van der Waals surface area contributed by atoms with Gasteiger partial charge in [-0.2, -0.15) is 0 Å². The molecule has 5 rings (SSSR count). The first-order valence-corrected chi connectivity index (χ1v) is 11.3. The maximum absolute atomic E-state index is 13.7. The molecule has 7 heteroatoms. The van der Waals surface area contributed by atoms with Gasteiger partial charge in [-0.3, -0.25) is 19.2 Å². The molecule has 34 heavy (non-hydrogen) atoms. The van der Waals surface area contributed by atoms with Gasteiger partial charge in [-0.15, -0.1) is 0 Å². The van der Waals surface area contributed by atoms with Crippen molar-refractivity contribution in [1.82, 2.24) is 0 Å². The fourth-order valence-corrected chi connectivity index (χ4v) is 5.18. The van der Waals surface area contributed by atoms with Crippen molar-refractivity contribution in [3.8, 4) is 0 Å². The van der Waals surface area contributed by atoms with Crippen molar-refractivity contribution < 1.29 is 19.2 Å². The van der Waals surface area contributed by atoms with Crippen LogP contribution in [0, 0.1) is 11.8 Å². The molecule has 3 aromatic rings. The van der Waals surface area contributed by atoms with Crippen molar-refractivity contribution in [3.05, 3.63) is 94.5 Å². The summed E-state index contributed by atoms with van der Waals surface area (Å²) in [6, 6.07) is 20.3. The quantitative estimate of drug-likeness (QED) is 0.530. The molecule has 3 aromatic carbocycles. The standard InChI is InChI=1S/C27H21ClN2O4/c1-29-19-9-5-3-7-17(19)24(31)22(26(29)33)21(15-11-13-16(28)14-12-15)23-25(32)18-8-4-6-10-20(18)30(2)27(23)34/h3-14,21-23H,1-2H3. The lowest BCUT2D eigenvalue weighted by molar-refractivity contribution is -0.124. The van der Waals surface area contributed by atoms with Gasteiger partial charge in [-0.1, -0.05) is 48.0 Å². The Morgan fingerprint density at radius 1 is 0.647 bits per heavy atom. The summed E-state index contributed by atoms with van der Waals surface area (Å²) < 4.78 is 0. The van der Waals surface area contributed by atoms with E-state index in [0.717, 1.165) is 0 Å². The van der Waals surface area contributed by atoms with Gasteiger partial charge in [-0.05, 0) is 42.0 Å². The molecule has 0 spiro atoms. The smallest absolute Gasteiger partial charge is 0.238 e. The molecule has 170 valence electrons. The Labute approximate surface area is 201 Å². The molecular weight excluding hydrogens is 452 g/mol. The summed E-state index contributed by atoms with van der Waals surface area (Å²) in [7, 11) is 3.21. The topological polar surface area (TPSA) is 74.8 Å². The summed E-state index contributed by atoms with van der Waals surface area (Å²) in [6.45, 7) is 0. The van der Waals surface area contributed by atoms with E-state index in [9.17, 15) is 19.2 Å². The Hall–Kier alpha value is -3.77. The molecule has 2 unspecified atom stereocenters. The zero-order valence-electron chi connectivity index (χ0n) is 18.6. The van der Waals surface area contributed by atoms with Crippen LogP contribution in [0.2, 0.25) is 5.02 Å². The molecule has 6 nitrogen and oxygen atoms in total. The summed E-state index contributed by atoms with van der Waals surface area (Å²) in [4.78, 5) is 57.5. The number of carbonyl (C=O) groups is 4. The second kappa shape index (κ2) is 8.22. The van der Waals surface area contributed by atoms with Crippen LogP contribution in [0.3, 0.4) is 0 Å². The monoisotopic (exact) mass is 472 g/mol. The van der Waals surface area contributed by atoms with Gasteiger partial charge in [0.1, 0.15) is 11.8 Å². The summed E-state index contributed by atoms with van der Waals surface area (Å²) in [5, 5.41) is 0.468. The SMILES string of the molecule is CN1C(=O)C(C(c2ccc(Cl)cc2)C2C(=O)c3ccccc3N(C)C2=O)C(=O)c2ccccc21. The van der Waals surface area contributed by atoms with Crippen molar-refractivity contribution in [2.45, 2.75) is 5.92 Å². The summed E-state index contributed by atoms with van der Waals surface area (Å²) in [5.41, 5.74) is 2.32. The average molecular weight is 473 g/mol. The van der Waals surface area contributed by atoms with E-state index in [0.29, 0.717) is 33.1 Å². The lowest BCUT2D eigenvalue weighted by Gasteiger charge is -2.40. The van der Waals surface area contributed by atoms with Gasteiger partial charge in [0.15, 0.2) is 11.6 Å². The fraction of sp³-hybridized carbons (Fsp3) is 0.185. The molecule has 0 aromatic heterocycles. The molecule has 2 aliphatic rings. The highest BCUT2D eigenvalue weighted by Gasteiger charge is 2.52. The molecule has 2 heterocycles. The van der Waals surface area contributed by atoms with Gasteiger partial charge in [-0.25, -0.2) is 0 Å². The van der Waals surface area contributed by atoms with E-state index in [4.69, 9.17) is 11.6 Å². The number of hydrogen-bond acceptors (Lipinski definition) is 4. The van der Waals surface area contributed by atoms with E-state index in [1.165, 1.54) is 9.80 Å². The van der Waals surface area contributed by atoms with Crippen LogP contribution in [-0.2, 0) is 9.59 Å².